The molecule has 0 aromatic heterocycles. The van der Waals surface area contributed by atoms with Gasteiger partial charge in [0.15, 0.2) is 0 Å². The van der Waals surface area contributed by atoms with Gasteiger partial charge < -0.3 is 9.94 Å². The molecule has 2 fully saturated rings. The zero-order valence-electron chi connectivity index (χ0n) is 10.2. The highest BCUT2D eigenvalue weighted by molar-refractivity contribution is 5.85. The predicted molar refractivity (Wildman–Crippen MR) is 63.0 cm³/mol. The normalized spacial score (nSPS) is 30.8. The minimum absolute atomic E-state index is 0.428. The Balaban J connectivity index is 1.97. The maximum atomic E-state index is 8.88. The summed E-state index contributed by atoms with van der Waals surface area (Å²) in [6.45, 7) is 7.24. The fourth-order valence-electron chi connectivity index (χ4n) is 2.66. The van der Waals surface area contributed by atoms with Gasteiger partial charge in [-0.15, -0.1) is 0 Å². The first-order chi connectivity index (χ1) is 7.70. The topological polar surface area (TPSA) is 45.1 Å². The molecule has 4 heteroatoms. The van der Waals surface area contributed by atoms with Gasteiger partial charge in [0.25, 0.3) is 0 Å². The summed E-state index contributed by atoms with van der Waals surface area (Å²) in [5.74, 6) is 0.745. The van der Waals surface area contributed by atoms with Crippen LogP contribution in [0.1, 0.15) is 33.1 Å². The van der Waals surface area contributed by atoms with Gasteiger partial charge in [0.1, 0.15) is 0 Å². The maximum absolute atomic E-state index is 8.88. The van der Waals surface area contributed by atoms with Crippen molar-refractivity contribution in [2.75, 3.05) is 19.8 Å². The van der Waals surface area contributed by atoms with Gasteiger partial charge in [-0.1, -0.05) is 19.0 Å². The molecule has 16 heavy (non-hydrogen) atoms. The van der Waals surface area contributed by atoms with Gasteiger partial charge in [-0.05, 0) is 18.9 Å². The lowest BCUT2D eigenvalue weighted by Gasteiger charge is -2.46. The molecular formula is C12H22N2O2. The van der Waals surface area contributed by atoms with E-state index in [1.807, 2.05) is 0 Å². The molecule has 2 aliphatic rings. The number of ether oxygens (including phenoxy) is 1. The number of hydrogen-bond donors (Lipinski definition) is 1. The molecule has 2 saturated heterocycles. The Morgan fingerprint density at radius 3 is 2.50 bits per heavy atom. The molecule has 0 saturated carbocycles. The summed E-state index contributed by atoms with van der Waals surface area (Å²) < 4.78 is 5.59. The molecule has 4 nitrogen and oxygen atoms in total. The second-order valence-electron chi connectivity index (χ2n) is 5.34. The summed E-state index contributed by atoms with van der Waals surface area (Å²) in [4.78, 5) is 2.55. The van der Waals surface area contributed by atoms with Crippen LogP contribution in [0.4, 0.5) is 0 Å². The molecule has 2 atom stereocenters. The zero-order chi connectivity index (χ0) is 11.5. The Morgan fingerprint density at radius 1 is 1.38 bits per heavy atom. The van der Waals surface area contributed by atoms with Crippen molar-refractivity contribution in [2.45, 2.75) is 45.2 Å². The number of fused-ring (bicyclic) bond motifs is 2. The highest BCUT2D eigenvalue weighted by Crippen LogP contribution is 2.26. The van der Waals surface area contributed by atoms with Gasteiger partial charge in [-0.3, -0.25) is 4.90 Å². The van der Waals surface area contributed by atoms with E-state index in [1.165, 1.54) is 6.42 Å². The Bertz CT molecular complexity index is 250. The van der Waals surface area contributed by atoms with Gasteiger partial charge in [0.2, 0.25) is 0 Å². The summed E-state index contributed by atoms with van der Waals surface area (Å²) in [6.07, 6.45) is 2.97. The van der Waals surface area contributed by atoms with Crippen LogP contribution >= 0.6 is 0 Å². The third-order valence-corrected chi connectivity index (χ3v) is 3.61. The van der Waals surface area contributed by atoms with Crippen LogP contribution in [0.3, 0.4) is 0 Å². The van der Waals surface area contributed by atoms with Crippen molar-refractivity contribution in [1.82, 2.24) is 4.90 Å². The van der Waals surface area contributed by atoms with Crippen LogP contribution < -0.4 is 0 Å². The third kappa shape index (κ3) is 2.55. The van der Waals surface area contributed by atoms with Crippen LogP contribution in [0, 0.1) is 5.92 Å². The highest BCUT2D eigenvalue weighted by atomic mass is 16.5. The van der Waals surface area contributed by atoms with Crippen molar-refractivity contribution in [3.05, 3.63) is 0 Å². The van der Waals surface area contributed by atoms with E-state index in [-0.39, 0.29) is 0 Å². The van der Waals surface area contributed by atoms with E-state index in [2.05, 4.69) is 23.9 Å². The minimum Gasteiger partial charge on any atom is -0.411 e. The maximum Gasteiger partial charge on any atom is 0.0626 e. The van der Waals surface area contributed by atoms with Crippen LogP contribution in [0.5, 0.6) is 0 Å². The van der Waals surface area contributed by atoms with Crippen molar-refractivity contribution in [1.29, 1.82) is 0 Å². The molecule has 0 radical (unpaired) electrons. The average molecular weight is 226 g/mol. The molecule has 2 aliphatic heterocycles. The van der Waals surface area contributed by atoms with Crippen LogP contribution in [-0.4, -0.2) is 47.7 Å². The number of oxime groups is 1. The Hall–Kier alpha value is -0.610. The van der Waals surface area contributed by atoms with E-state index in [1.54, 1.807) is 0 Å². The standard InChI is InChI=1S/C12H22N2O2/c1-9(2)3-4-14-11-5-10(13-15)6-12(14)8-16-7-11/h9,11-12,15H,3-8H2,1-2H3. The summed E-state index contributed by atoms with van der Waals surface area (Å²) >= 11 is 0. The van der Waals surface area contributed by atoms with E-state index in [9.17, 15) is 0 Å². The Labute approximate surface area is 97.3 Å². The monoisotopic (exact) mass is 226 g/mol. The SMILES string of the molecule is CC(C)CCN1C2COCC1CC(=NO)C2. The molecule has 2 bridgehead atoms. The van der Waals surface area contributed by atoms with Crippen molar-refractivity contribution >= 4 is 5.71 Å². The number of nitrogens with zero attached hydrogens (tertiary/aromatic N) is 2. The van der Waals surface area contributed by atoms with E-state index >= 15 is 0 Å². The van der Waals surface area contributed by atoms with E-state index < -0.39 is 0 Å². The summed E-state index contributed by atoms with van der Waals surface area (Å²) in [5.41, 5.74) is 0.944. The van der Waals surface area contributed by atoms with Gasteiger partial charge in [-0.25, -0.2) is 0 Å². The van der Waals surface area contributed by atoms with Crippen LogP contribution in [0.15, 0.2) is 5.16 Å². The number of hydrogen-bond acceptors (Lipinski definition) is 4. The van der Waals surface area contributed by atoms with Gasteiger partial charge in [0, 0.05) is 24.9 Å². The number of morpholine rings is 1. The van der Waals surface area contributed by atoms with E-state index in [0.717, 1.165) is 44.2 Å². The molecule has 92 valence electrons. The second kappa shape index (κ2) is 5.15. The number of rotatable bonds is 3. The molecule has 0 amide bonds. The molecule has 2 heterocycles. The molecule has 0 aromatic carbocycles. The van der Waals surface area contributed by atoms with Gasteiger partial charge in [-0.2, -0.15) is 0 Å². The largest absolute Gasteiger partial charge is 0.411 e. The first-order valence-electron chi connectivity index (χ1n) is 6.24. The fourth-order valence-corrected chi connectivity index (χ4v) is 2.66. The molecule has 0 aromatic rings. The quantitative estimate of drug-likeness (QED) is 0.589. The lowest BCUT2D eigenvalue weighted by molar-refractivity contribution is -0.0544. The molecule has 0 spiro atoms. The first kappa shape index (κ1) is 11.9. The Kier molecular flexibility index (Phi) is 3.82. The molecular weight excluding hydrogens is 204 g/mol. The molecule has 2 rings (SSSR count). The molecule has 0 aliphatic carbocycles. The fraction of sp³-hybridized carbons (Fsp3) is 0.917. The smallest absolute Gasteiger partial charge is 0.0626 e. The van der Waals surface area contributed by atoms with Crippen molar-refractivity contribution in [2.24, 2.45) is 11.1 Å². The van der Waals surface area contributed by atoms with E-state index in [0.29, 0.717) is 12.1 Å². The van der Waals surface area contributed by atoms with Crippen LogP contribution in [0.25, 0.3) is 0 Å². The Morgan fingerprint density at radius 2 is 2.00 bits per heavy atom. The third-order valence-electron chi connectivity index (χ3n) is 3.61. The highest BCUT2D eigenvalue weighted by Gasteiger charge is 2.37. The molecule has 1 N–H and O–H groups in total. The lowest BCUT2D eigenvalue weighted by atomic mass is 9.92. The average Bonchev–Trinajstić information content (AvgIpc) is 2.24. The molecule has 2 unspecified atom stereocenters. The minimum atomic E-state index is 0.428. The second-order valence-corrected chi connectivity index (χ2v) is 5.34. The predicted octanol–water partition coefficient (Wildman–Crippen LogP) is 1.73. The first-order valence-corrected chi connectivity index (χ1v) is 6.24. The van der Waals surface area contributed by atoms with Crippen LogP contribution in [-0.2, 0) is 4.74 Å². The van der Waals surface area contributed by atoms with Gasteiger partial charge >= 0.3 is 0 Å². The van der Waals surface area contributed by atoms with Crippen molar-refractivity contribution in [3.63, 3.8) is 0 Å². The van der Waals surface area contributed by atoms with Crippen molar-refractivity contribution < 1.29 is 9.94 Å². The number of piperidine rings is 1. The zero-order valence-corrected chi connectivity index (χ0v) is 10.2. The van der Waals surface area contributed by atoms with Crippen molar-refractivity contribution in [3.8, 4) is 0 Å². The summed E-state index contributed by atoms with van der Waals surface area (Å²) in [6, 6.07) is 0.856. The van der Waals surface area contributed by atoms with Gasteiger partial charge in [0.05, 0.1) is 18.9 Å². The lowest BCUT2D eigenvalue weighted by Crippen LogP contribution is -2.57. The summed E-state index contributed by atoms with van der Waals surface area (Å²) in [7, 11) is 0. The summed E-state index contributed by atoms with van der Waals surface area (Å²) in [5, 5.41) is 12.3. The van der Waals surface area contributed by atoms with Crippen LogP contribution in [0.2, 0.25) is 0 Å². The van der Waals surface area contributed by atoms with E-state index in [4.69, 9.17) is 9.94 Å².